The van der Waals surface area contributed by atoms with Gasteiger partial charge in [-0.3, -0.25) is 0 Å². The van der Waals surface area contributed by atoms with Gasteiger partial charge in [-0.05, 0) is 25.5 Å². The quantitative estimate of drug-likeness (QED) is 0.788. The average molecular weight is 338 g/mol. The first-order valence-electron chi connectivity index (χ1n) is 8.74. The van der Waals surface area contributed by atoms with Crippen LogP contribution < -0.4 is 14.5 Å². The second-order valence-corrected chi connectivity index (χ2v) is 6.03. The number of para-hydroxylation sites is 2. The fourth-order valence-corrected chi connectivity index (χ4v) is 3.13. The fraction of sp³-hybridized carbons (Fsp3) is 0.389. The summed E-state index contributed by atoms with van der Waals surface area (Å²) in [6.07, 6.45) is 2.79. The number of benzene rings is 1. The number of nitrogens with zero attached hydrogens (tertiary/aromatic N) is 5. The van der Waals surface area contributed by atoms with Crippen LogP contribution >= 0.6 is 0 Å². The van der Waals surface area contributed by atoms with E-state index in [9.17, 15) is 0 Å². The molecule has 0 amide bonds. The van der Waals surface area contributed by atoms with Gasteiger partial charge >= 0.3 is 0 Å². The van der Waals surface area contributed by atoms with Crippen LogP contribution in [-0.2, 0) is 0 Å². The number of ether oxygens (including phenoxy) is 1. The molecule has 1 fully saturated rings. The van der Waals surface area contributed by atoms with E-state index in [1.54, 1.807) is 12.3 Å². The largest absolute Gasteiger partial charge is 0.478 e. The molecule has 3 heterocycles. The summed E-state index contributed by atoms with van der Waals surface area (Å²) < 4.78 is 5.49. The summed E-state index contributed by atoms with van der Waals surface area (Å²) >= 11 is 0. The van der Waals surface area contributed by atoms with Gasteiger partial charge in [0.2, 0.25) is 17.8 Å². The molecular formula is C18H22N6O. The molecule has 7 nitrogen and oxygen atoms in total. The molecule has 130 valence electrons. The van der Waals surface area contributed by atoms with E-state index in [0.29, 0.717) is 12.5 Å². The van der Waals surface area contributed by atoms with E-state index in [1.165, 1.54) is 0 Å². The van der Waals surface area contributed by atoms with E-state index < -0.39 is 0 Å². The molecule has 0 aliphatic carbocycles. The molecule has 0 atom stereocenters. The highest BCUT2D eigenvalue weighted by Gasteiger charge is 2.19. The van der Waals surface area contributed by atoms with Crippen LogP contribution in [0.25, 0.3) is 11.0 Å². The molecule has 25 heavy (non-hydrogen) atoms. The number of anilines is 2. The average Bonchev–Trinajstić information content (AvgIpc) is 2.91. The second-order valence-electron chi connectivity index (χ2n) is 6.03. The molecule has 2 aromatic heterocycles. The highest BCUT2D eigenvalue weighted by molar-refractivity contribution is 5.77. The Bertz CT molecular complexity index is 815. The molecule has 1 aliphatic heterocycles. The highest BCUT2D eigenvalue weighted by Crippen LogP contribution is 2.20. The summed E-state index contributed by atoms with van der Waals surface area (Å²) in [7, 11) is 0. The van der Waals surface area contributed by atoms with Crippen LogP contribution in [0.3, 0.4) is 0 Å². The van der Waals surface area contributed by atoms with Gasteiger partial charge in [0.15, 0.2) is 0 Å². The zero-order valence-electron chi connectivity index (χ0n) is 14.4. The van der Waals surface area contributed by atoms with Crippen molar-refractivity contribution in [2.75, 3.05) is 42.6 Å². The summed E-state index contributed by atoms with van der Waals surface area (Å²) in [6, 6.07) is 9.93. The third kappa shape index (κ3) is 3.35. The Balaban J connectivity index is 1.49. The maximum atomic E-state index is 5.49. The predicted octanol–water partition coefficient (Wildman–Crippen LogP) is 2.47. The summed E-state index contributed by atoms with van der Waals surface area (Å²) in [5, 5.41) is 0. The maximum Gasteiger partial charge on any atom is 0.228 e. The zero-order valence-corrected chi connectivity index (χ0v) is 14.4. The monoisotopic (exact) mass is 338 g/mol. The Morgan fingerprint density at radius 3 is 2.76 bits per heavy atom. The van der Waals surface area contributed by atoms with E-state index in [1.807, 2.05) is 25.1 Å². The van der Waals surface area contributed by atoms with Crippen LogP contribution in [0.2, 0.25) is 0 Å². The molecule has 1 N–H and O–H groups in total. The molecule has 0 bridgehead atoms. The van der Waals surface area contributed by atoms with Gasteiger partial charge in [0.25, 0.3) is 0 Å². The van der Waals surface area contributed by atoms with Gasteiger partial charge in [-0.25, -0.2) is 9.97 Å². The number of rotatable bonds is 4. The lowest BCUT2D eigenvalue weighted by Crippen LogP contribution is -2.32. The molecule has 0 radical (unpaired) electrons. The lowest BCUT2D eigenvalue weighted by atomic mass is 10.3. The van der Waals surface area contributed by atoms with Crippen LogP contribution in [0.1, 0.15) is 13.3 Å². The lowest BCUT2D eigenvalue weighted by molar-refractivity contribution is 0.326. The molecule has 0 saturated carbocycles. The molecule has 3 aromatic rings. The molecule has 0 spiro atoms. The summed E-state index contributed by atoms with van der Waals surface area (Å²) in [5.41, 5.74) is 2.08. The summed E-state index contributed by atoms with van der Waals surface area (Å²) in [5.74, 6) is 2.30. The van der Waals surface area contributed by atoms with Gasteiger partial charge in [0.05, 0.1) is 17.6 Å². The van der Waals surface area contributed by atoms with Crippen molar-refractivity contribution in [1.82, 2.24) is 19.9 Å². The van der Waals surface area contributed by atoms with Crippen LogP contribution in [0, 0.1) is 0 Å². The molecule has 0 unspecified atom stereocenters. The molecule has 4 rings (SSSR count). The van der Waals surface area contributed by atoms with Crippen molar-refractivity contribution in [3.05, 3.63) is 36.5 Å². The van der Waals surface area contributed by atoms with Crippen molar-refractivity contribution < 1.29 is 4.74 Å². The van der Waals surface area contributed by atoms with Crippen LogP contribution in [0.4, 0.5) is 11.9 Å². The summed E-state index contributed by atoms with van der Waals surface area (Å²) in [4.78, 5) is 21.6. The Morgan fingerprint density at radius 2 is 1.88 bits per heavy atom. The number of hydrogen-bond acceptors (Lipinski definition) is 6. The third-order valence-electron chi connectivity index (χ3n) is 4.36. The normalized spacial score (nSPS) is 15.4. The number of hydrogen-bond donors (Lipinski definition) is 1. The minimum atomic E-state index is 0.607. The van der Waals surface area contributed by atoms with E-state index in [-0.39, 0.29) is 0 Å². The van der Waals surface area contributed by atoms with Crippen LogP contribution in [0.5, 0.6) is 5.88 Å². The predicted molar refractivity (Wildman–Crippen MR) is 98.3 cm³/mol. The Kier molecular flexibility index (Phi) is 4.37. The number of imidazole rings is 1. The first-order chi connectivity index (χ1) is 12.3. The Hall–Kier alpha value is -2.83. The van der Waals surface area contributed by atoms with Crippen LogP contribution in [0.15, 0.2) is 36.5 Å². The van der Waals surface area contributed by atoms with Gasteiger partial charge < -0.3 is 19.5 Å². The number of aromatic amines is 1. The number of aromatic nitrogens is 4. The topological polar surface area (TPSA) is 70.2 Å². The van der Waals surface area contributed by atoms with Crippen molar-refractivity contribution in [1.29, 1.82) is 0 Å². The van der Waals surface area contributed by atoms with Crippen molar-refractivity contribution in [3.8, 4) is 5.88 Å². The van der Waals surface area contributed by atoms with Gasteiger partial charge in [-0.2, -0.15) is 4.98 Å². The molecule has 7 heteroatoms. The number of nitrogens with one attached hydrogen (secondary N) is 1. The van der Waals surface area contributed by atoms with Crippen molar-refractivity contribution in [2.45, 2.75) is 13.3 Å². The standard InChI is InChI=1S/C18H22N6O/c1-2-25-16-8-9-19-17(22-16)23-10-5-11-24(13-12-23)18-20-14-6-3-4-7-15(14)21-18/h3-4,6-9H,2,5,10-13H2,1H3,(H,20,21). The SMILES string of the molecule is CCOc1ccnc(N2CCCN(c3nc4ccccc4[nH]3)CC2)n1. The fourth-order valence-electron chi connectivity index (χ4n) is 3.13. The van der Waals surface area contributed by atoms with E-state index in [4.69, 9.17) is 9.72 Å². The lowest BCUT2D eigenvalue weighted by Gasteiger charge is -2.21. The third-order valence-corrected chi connectivity index (χ3v) is 4.36. The van der Waals surface area contributed by atoms with Gasteiger partial charge in [-0.15, -0.1) is 0 Å². The molecular weight excluding hydrogens is 316 g/mol. The van der Waals surface area contributed by atoms with Gasteiger partial charge in [0.1, 0.15) is 0 Å². The molecule has 1 saturated heterocycles. The number of H-pyrrole nitrogens is 1. The first-order valence-corrected chi connectivity index (χ1v) is 8.74. The smallest absolute Gasteiger partial charge is 0.228 e. The minimum absolute atomic E-state index is 0.607. The zero-order chi connectivity index (χ0) is 17.1. The van der Waals surface area contributed by atoms with E-state index in [2.05, 4.69) is 30.8 Å². The van der Waals surface area contributed by atoms with Crippen molar-refractivity contribution in [2.24, 2.45) is 0 Å². The first kappa shape index (κ1) is 15.7. The Labute approximate surface area is 146 Å². The van der Waals surface area contributed by atoms with Crippen LogP contribution in [-0.4, -0.2) is 52.7 Å². The Morgan fingerprint density at radius 1 is 1.04 bits per heavy atom. The van der Waals surface area contributed by atoms with Gasteiger partial charge in [-0.1, -0.05) is 12.1 Å². The highest BCUT2D eigenvalue weighted by atomic mass is 16.5. The van der Waals surface area contributed by atoms with Crippen molar-refractivity contribution in [3.63, 3.8) is 0 Å². The summed E-state index contributed by atoms with van der Waals surface area (Å²) in [6.45, 7) is 6.18. The van der Waals surface area contributed by atoms with E-state index in [0.717, 1.165) is 55.5 Å². The minimum Gasteiger partial charge on any atom is -0.478 e. The van der Waals surface area contributed by atoms with Crippen molar-refractivity contribution >= 4 is 22.9 Å². The maximum absolute atomic E-state index is 5.49. The molecule has 1 aromatic carbocycles. The van der Waals surface area contributed by atoms with Gasteiger partial charge in [0, 0.05) is 38.4 Å². The second kappa shape index (κ2) is 6.96. The molecule has 1 aliphatic rings. The number of fused-ring (bicyclic) bond motifs is 1. The van der Waals surface area contributed by atoms with E-state index >= 15 is 0 Å².